The van der Waals surface area contributed by atoms with Crippen molar-refractivity contribution < 1.29 is 14.7 Å². The van der Waals surface area contributed by atoms with Crippen LogP contribution >= 0.6 is 15.9 Å². The maximum atomic E-state index is 12.3. The second-order valence-corrected chi connectivity index (χ2v) is 5.67. The predicted molar refractivity (Wildman–Crippen MR) is 74.8 cm³/mol. The summed E-state index contributed by atoms with van der Waals surface area (Å²) in [5, 5.41) is 9.10. The Hall–Kier alpha value is -1.36. The van der Waals surface area contributed by atoms with Crippen LogP contribution in [0.2, 0.25) is 0 Å². The summed E-state index contributed by atoms with van der Waals surface area (Å²) < 4.78 is 0.877. The minimum absolute atomic E-state index is 0.0982. The van der Waals surface area contributed by atoms with E-state index in [1.807, 2.05) is 24.3 Å². The van der Waals surface area contributed by atoms with Crippen molar-refractivity contribution in [2.24, 2.45) is 0 Å². The molecule has 1 N–H and O–H groups in total. The molecule has 0 bridgehead atoms. The first kappa shape index (κ1) is 14.1. The summed E-state index contributed by atoms with van der Waals surface area (Å²) in [4.78, 5) is 24.9. The number of nitrogens with zero attached hydrogens (tertiary/aromatic N) is 1. The number of carbonyl (C=O) groups is 2. The van der Waals surface area contributed by atoms with E-state index in [2.05, 4.69) is 15.9 Å². The molecule has 0 saturated heterocycles. The Labute approximate surface area is 120 Å². The van der Waals surface area contributed by atoms with Gasteiger partial charge in [-0.15, -0.1) is 0 Å². The summed E-state index contributed by atoms with van der Waals surface area (Å²) in [6.07, 6.45) is 2.04. The second-order valence-electron chi connectivity index (χ2n) is 4.81. The van der Waals surface area contributed by atoms with E-state index >= 15 is 0 Å². The highest BCUT2D eigenvalue weighted by molar-refractivity contribution is 9.10. The molecule has 1 amide bonds. The van der Waals surface area contributed by atoms with Crippen LogP contribution in [0.15, 0.2) is 28.7 Å². The number of hydrogen-bond donors (Lipinski definition) is 1. The predicted octanol–water partition coefficient (Wildman–Crippen LogP) is 2.46. The third kappa shape index (κ3) is 3.35. The molecular formula is C14H16BrNO3. The number of carbonyl (C=O) groups excluding carboxylic acids is 1. The van der Waals surface area contributed by atoms with Gasteiger partial charge in [0, 0.05) is 10.5 Å². The smallest absolute Gasteiger partial charge is 0.326 e. The largest absolute Gasteiger partial charge is 0.480 e. The number of amides is 1. The fourth-order valence-electron chi connectivity index (χ4n) is 2.10. The van der Waals surface area contributed by atoms with Crippen LogP contribution in [-0.4, -0.2) is 34.0 Å². The van der Waals surface area contributed by atoms with Gasteiger partial charge in [-0.05, 0) is 31.4 Å². The van der Waals surface area contributed by atoms with E-state index in [1.165, 1.54) is 4.90 Å². The van der Waals surface area contributed by atoms with Gasteiger partial charge in [0.15, 0.2) is 0 Å². The second kappa shape index (κ2) is 5.74. The lowest BCUT2D eigenvalue weighted by molar-refractivity contribution is -0.149. The van der Waals surface area contributed by atoms with Gasteiger partial charge in [0.1, 0.15) is 6.04 Å². The van der Waals surface area contributed by atoms with Crippen molar-refractivity contribution in [1.82, 2.24) is 4.90 Å². The van der Waals surface area contributed by atoms with Crippen molar-refractivity contribution in [3.8, 4) is 0 Å². The Bertz CT molecular complexity index is 499. The Morgan fingerprint density at radius 3 is 2.58 bits per heavy atom. The monoisotopic (exact) mass is 325 g/mol. The number of benzene rings is 1. The normalized spacial score (nSPS) is 15.9. The molecule has 1 aromatic carbocycles. The zero-order chi connectivity index (χ0) is 14.0. The van der Waals surface area contributed by atoms with Gasteiger partial charge in [-0.3, -0.25) is 4.79 Å². The van der Waals surface area contributed by atoms with Gasteiger partial charge in [0.2, 0.25) is 5.91 Å². The number of carboxylic acids is 1. The van der Waals surface area contributed by atoms with Gasteiger partial charge in [-0.25, -0.2) is 4.79 Å². The standard InChI is InChI=1S/C14H16BrNO3/c1-9(14(18)19)16(11-6-7-11)13(17)8-10-4-2-3-5-12(10)15/h2-5,9,11H,6-8H2,1H3,(H,18,19). The maximum absolute atomic E-state index is 12.3. The van der Waals surface area contributed by atoms with Crippen molar-refractivity contribution in [1.29, 1.82) is 0 Å². The molecular weight excluding hydrogens is 310 g/mol. The fraction of sp³-hybridized carbons (Fsp3) is 0.429. The van der Waals surface area contributed by atoms with E-state index in [-0.39, 0.29) is 18.4 Å². The van der Waals surface area contributed by atoms with Crippen LogP contribution in [0.4, 0.5) is 0 Å². The van der Waals surface area contributed by atoms with Crippen molar-refractivity contribution in [3.05, 3.63) is 34.3 Å². The molecule has 0 aromatic heterocycles. The summed E-state index contributed by atoms with van der Waals surface area (Å²) >= 11 is 3.41. The molecule has 0 radical (unpaired) electrons. The van der Waals surface area contributed by atoms with Gasteiger partial charge < -0.3 is 10.0 Å². The number of carboxylic acid groups (broad SMARTS) is 1. The van der Waals surface area contributed by atoms with Gasteiger partial charge in [0.25, 0.3) is 0 Å². The Balaban J connectivity index is 2.12. The molecule has 5 heteroatoms. The molecule has 0 heterocycles. The molecule has 1 aliphatic rings. The molecule has 1 saturated carbocycles. The summed E-state index contributed by atoms with van der Waals surface area (Å²) in [6, 6.07) is 6.85. The minimum Gasteiger partial charge on any atom is -0.480 e. The van der Waals surface area contributed by atoms with E-state index in [1.54, 1.807) is 6.92 Å². The van der Waals surface area contributed by atoms with Crippen LogP contribution in [0.25, 0.3) is 0 Å². The zero-order valence-electron chi connectivity index (χ0n) is 10.7. The highest BCUT2D eigenvalue weighted by Gasteiger charge is 2.38. The van der Waals surface area contributed by atoms with Crippen molar-refractivity contribution in [2.75, 3.05) is 0 Å². The van der Waals surface area contributed by atoms with Gasteiger partial charge in [-0.1, -0.05) is 34.1 Å². The lowest BCUT2D eigenvalue weighted by Gasteiger charge is -2.26. The van der Waals surface area contributed by atoms with E-state index in [0.717, 1.165) is 22.9 Å². The SMILES string of the molecule is CC(C(=O)O)N(C(=O)Cc1ccccc1Br)C1CC1. The van der Waals surface area contributed by atoms with Gasteiger partial charge in [-0.2, -0.15) is 0 Å². The van der Waals surface area contributed by atoms with E-state index < -0.39 is 12.0 Å². The number of hydrogen-bond acceptors (Lipinski definition) is 2. The Kier molecular flexibility index (Phi) is 4.24. The van der Waals surface area contributed by atoms with Crippen LogP contribution in [0.3, 0.4) is 0 Å². The van der Waals surface area contributed by atoms with Gasteiger partial charge in [0.05, 0.1) is 6.42 Å². The third-order valence-corrected chi connectivity index (χ3v) is 4.08. The first-order valence-electron chi connectivity index (χ1n) is 6.28. The summed E-state index contributed by atoms with van der Waals surface area (Å²) in [5.74, 6) is -1.07. The average molecular weight is 326 g/mol. The average Bonchev–Trinajstić information content (AvgIpc) is 3.16. The molecule has 0 spiro atoms. The van der Waals surface area contributed by atoms with Crippen molar-refractivity contribution in [3.63, 3.8) is 0 Å². The van der Waals surface area contributed by atoms with Gasteiger partial charge >= 0.3 is 5.97 Å². The first-order valence-corrected chi connectivity index (χ1v) is 7.07. The van der Waals surface area contributed by atoms with Crippen LogP contribution < -0.4 is 0 Å². The van der Waals surface area contributed by atoms with Crippen molar-refractivity contribution in [2.45, 2.75) is 38.3 Å². The number of rotatable bonds is 5. The number of halogens is 1. The topological polar surface area (TPSA) is 57.6 Å². The minimum atomic E-state index is -0.952. The van der Waals surface area contributed by atoms with Crippen LogP contribution in [0.5, 0.6) is 0 Å². The fourth-order valence-corrected chi connectivity index (χ4v) is 2.53. The van der Waals surface area contributed by atoms with E-state index in [0.29, 0.717) is 0 Å². The van der Waals surface area contributed by atoms with Crippen molar-refractivity contribution >= 4 is 27.8 Å². The molecule has 1 aromatic rings. The number of aliphatic carboxylic acids is 1. The highest BCUT2D eigenvalue weighted by Crippen LogP contribution is 2.30. The third-order valence-electron chi connectivity index (χ3n) is 3.30. The Morgan fingerprint density at radius 1 is 1.42 bits per heavy atom. The van der Waals surface area contributed by atoms with E-state index in [9.17, 15) is 9.59 Å². The molecule has 1 atom stereocenters. The lowest BCUT2D eigenvalue weighted by Crippen LogP contribution is -2.45. The van der Waals surface area contributed by atoms with Crippen LogP contribution in [0.1, 0.15) is 25.3 Å². The maximum Gasteiger partial charge on any atom is 0.326 e. The lowest BCUT2D eigenvalue weighted by atomic mass is 10.1. The molecule has 2 rings (SSSR count). The zero-order valence-corrected chi connectivity index (χ0v) is 12.3. The molecule has 0 aliphatic heterocycles. The molecule has 1 unspecified atom stereocenters. The molecule has 19 heavy (non-hydrogen) atoms. The van der Waals surface area contributed by atoms with Crippen LogP contribution in [-0.2, 0) is 16.0 Å². The molecule has 1 fully saturated rings. The summed E-state index contributed by atoms with van der Waals surface area (Å²) in [7, 11) is 0. The highest BCUT2D eigenvalue weighted by atomic mass is 79.9. The van der Waals surface area contributed by atoms with E-state index in [4.69, 9.17) is 5.11 Å². The molecule has 4 nitrogen and oxygen atoms in total. The Morgan fingerprint density at radius 2 is 2.05 bits per heavy atom. The molecule has 1 aliphatic carbocycles. The molecule has 102 valence electrons. The summed E-state index contributed by atoms with van der Waals surface area (Å²) in [6.45, 7) is 1.57. The quantitative estimate of drug-likeness (QED) is 0.904. The first-order chi connectivity index (χ1) is 9.00. The van der Waals surface area contributed by atoms with Crippen LogP contribution in [0, 0.1) is 0 Å². The summed E-state index contributed by atoms with van der Waals surface area (Å²) in [5.41, 5.74) is 0.885.